The maximum atomic E-state index is 13.2. The number of hydrogen-bond donors (Lipinski definition) is 2. The van der Waals surface area contributed by atoms with Gasteiger partial charge in [-0.25, -0.2) is 22.9 Å². The minimum absolute atomic E-state index is 0.147. The average Bonchev–Trinajstić information content (AvgIpc) is 3.38. The Kier molecular flexibility index (Phi) is 10.7. The molecule has 0 aliphatic heterocycles. The van der Waals surface area contributed by atoms with Crippen molar-refractivity contribution in [3.05, 3.63) is 165 Å². The monoisotopic (exact) mass is 713 g/mol. The molecule has 2 heterocycles. The first-order valence-corrected chi connectivity index (χ1v) is 18.0. The van der Waals surface area contributed by atoms with Crippen molar-refractivity contribution in [2.45, 2.75) is 24.6 Å². The molecule has 0 fully saturated rings. The van der Waals surface area contributed by atoms with Crippen LogP contribution in [-0.2, 0) is 28.6 Å². The lowest BCUT2D eigenvalue weighted by molar-refractivity contribution is 0.0697. The van der Waals surface area contributed by atoms with E-state index in [4.69, 9.17) is 27.9 Å². The molecule has 8 nitrogen and oxygen atoms in total. The number of pyridine rings is 1. The highest BCUT2D eigenvalue weighted by atomic mass is 35.5. The Bertz CT molecular complexity index is 2120. The third kappa shape index (κ3) is 8.32. The van der Waals surface area contributed by atoms with Gasteiger partial charge in [0.05, 0.1) is 24.0 Å². The SMILES string of the molecule is O=C(O)c1ccc(OCCc2c(CCNS(=O)(=O)Cc3ccc(Cl)nc3)n(C(c3ccccc3)c3ccccc3)c3ccc(Cl)cc23)cc1. The number of carboxylic acids is 1. The number of ether oxygens (including phenoxy) is 1. The largest absolute Gasteiger partial charge is 0.493 e. The number of benzene rings is 4. The Morgan fingerprint density at radius 2 is 1.53 bits per heavy atom. The van der Waals surface area contributed by atoms with Gasteiger partial charge in [-0.15, -0.1) is 0 Å². The highest BCUT2D eigenvalue weighted by Crippen LogP contribution is 2.37. The highest BCUT2D eigenvalue weighted by molar-refractivity contribution is 7.88. The number of rotatable bonds is 14. The zero-order valence-corrected chi connectivity index (χ0v) is 28.6. The van der Waals surface area contributed by atoms with Crippen molar-refractivity contribution < 1.29 is 23.1 Å². The summed E-state index contributed by atoms with van der Waals surface area (Å²) in [6, 6.07) is 35.5. The van der Waals surface area contributed by atoms with Crippen molar-refractivity contribution >= 4 is 50.1 Å². The number of hydrogen-bond acceptors (Lipinski definition) is 5. The second-order valence-corrected chi connectivity index (χ2v) is 14.1. The molecule has 0 amide bonds. The summed E-state index contributed by atoms with van der Waals surface area (Å²) in [6.07, 6.45) is 2.32. The summed E-state index contributed by atoms with van der Waals surface area (Å²) in [4.78, 5) is 15.3. The number of sulfonamides is 1. The number of nitrogens with one attached hydrogen (secondary N) is 1. The van der Waals surface area contributed by atoms with Crippen LogP contribution in [0.25, 0.3) is 10.9 Å². The Hall–Kier alpha value is -4.67. The molecule has 11 heteroatoms. The van der Waals surface area contributed by atoms with E-state index in [1.807, 2.05) is 54.6 Å². The molecule has 49 heavy (non-hydrogen) atoms. The van der Waals surface area contributed by atoms with Gasteiger partial charge in [-0.05, 0) is 70.8 Å². The van der Waals surface area contributed by atoms with Crippen LogP contribution in [0.4, 0.5) is 0 Å². The molecule has 0 atom stereocenters. The molecule has 0 saturated heterocycles. The zero-order valence-electron chi connectivity index (χ0n) is 26.3. The molecule has 0 bridgehead atoms. The van der Waals surface area contributed by atoms with Crippen molar-refractivity contribution in [2.24, 2.45) is 0 Å². The van der Waals surface area contributed by atoms with E-state index in [0.717, 1.165) is 33.3 Å². The molecule has 2 aromatic heterocycles. The van der Waals surface area contributed by atoms with Gasteiger partial charge in [0.25, 0.3) is 0 Å². The molecule has 0 saturated carbocycles. The second kappa shape index (κ2) is 15.3. The van der Waals surface area contributed by atoms with Crippen molar-refractivity contribution in [1.82, 2.24) is 14.3 Å². The van der Waals surface area contributed by atoms with Crippen molar-refractivity contribution in [2.75, 3.05) is 13.2 Å². The van der Waals surface area contributed by atoms with Gasteiger partial charge < -0.3 is 14.4 Å². The molecule has 4 aromatic carbocycles. The van der Waals surface area contributed by atoms with Crippen LogP contribution >= 0.6 is 23.2 Å². The van der Waals surface area contributed by atoms with Gasteiger partial charge in [0.2, 0.25) is 10.0 Å². The fourth-order valence-electron chi connectivity index (χ4n) is 6.06. The van der Waals surface area contributed by atoms with E-state index in [1.165, 1.54) is 18.3 Å². The van der Waals surface area contributed by atoms with Crippen LogP contribution in [0.5, 0.6) is 5.75 Å². The highest BCUT2D eigenvalue weighted by Gasteiger charge is 2.26. The minimum Gasteiger partial charge on any atom is -0.493 e. The van der Waals surface area contributed by atoms with Gasteiger partial charge >= 0.3 is 5.97 Å². The van der Waals surface area contributed by atoms with Gasteiger partial charge in [0, 0.05) is 47.2 Å². The molecule has 0 aliphatic carbocycles. The first-order chi connectivity index (χ1) is 23.7. The Morgan fingerprint density at radius 3 is 2.14 bits per heavy atom. The van der Waals surface area contributed by atoms with Crippen LogP contribution in [0, 0.1) is 0 Å². The topological polar surface area (TPSA) is 111 Å². The lowest BCUT2D eigenvalue weighted by Crippen LogP contribution is -2.28. The summed E-state index contributed by atoms with van der Waals surface area (Å²) in [6.45, 7) is 0.440. The molecule has 0 unspecified atom stereocenters. The fourth-order valence-corrected chi connectivity index (χ4v) is 7.47. The zero-order chi connectivity index (χ0) is 34.4. The average molecular weight is 715 g/mol. The molecule has 6 rings (SSSR count). The van der Waals surface area contributed by atoms with Crippen LogP contribution in [0.1, 0.15) is 44.3 Å². The molecule has 0 spiro atoms. The fraction of sp³-hybridized carbons (Fsp3) is 0.158. The Balaban J connectivity index is 1.40. The van der Waals surface area contributed by atoms with E-state index < -0.39 is 16.0 Å². The number of carbonyl (C=O) groups is 1. The molecular formula is C38H33Cl2N3O5S. The molecule has 2 N–H and O–H groups in total. The van der Waals surface area contributed by atoms with Gasteiger partial charge in [0.15, 0.2) is 0 Å². The number of carboxylic acid groups (broad SMARTS) is 1. The van der Waals surface area contributed by atoms with E-state index in [0.29, 0.717) is 40.9 Å². The van der Waals surface area contributed by atoms with Crippen molar-refractivity contribution in [3.63, 3.8) is 0 Å². The van der Waals surface area contributed by atoms with Gasteiger partial charge in [0.1, 0.15) is 10.9 Å². The van der Waals surface area contributed by atoms with E-state index >= 15 is 0 Å². The van der Waals surface area contributed by atoms with Crippen molar-refractivity contribution in [3.8, 4) is 5.75 Å². The summed E-state index contributed by atoms with van der Waals surface area (Å²) in [7, 11) is -3.70. The van der Waals surface area contributed by atoms with Crippen LogP contribution < -0.4 is 9.46 Å². The standard InChI is InChI=1S/C38H33Cl2N3O5S/c39-30-14-17-34-33(23-30)32(20-22-48-31-15-12-29(13-16-31)38(44)45)35(19-21-42-49(46,47)25-26-11-18-36(40)41-24-26)43(34)37(27-7-3-1-4-8-27)28-9-5-2-6-10-28/h1-18,23-24,37,42H,19-22,25H2,(H,44,45). The maximum Gasteiger partial charge on any atom is 0.335 e. The van der Waals surface area contributed by atoms with Crippen LogP contribution in [0.2, 0.25) is 10.2 Å². The smallest absolute Gasteiger partial charge is 0.335 e. The van der Waals surface area contributed by atoms with E-state index in [9.17, 15) is 18.3 Å². The predicted molar refractivity (Wildman–Crippen MR) is 193 cm³/mol. The lowest BCUT2D eigenvalue weighted by atomic mass is 9.97. The summed E-state index contributed by atoms with van der Waals surface area (Å²) >= 11 is 12.5. The minimum atomic E-state index is -3.70. The molecule has 0 radical (unpaired) electrons. The predicted octanol–water partition coefficient (Wildman–Crippen LogP) is 7.96. The molecular weight excluding hydrogens is 681 g/mol. The summed E-state index contributed by atoms with van der Waals surface area (Å²) in [5.74, 6) is -0.690. The second-order valence-electron chi connectivity index (χ2n) is 11.5. The first kappa shape index (κ1) is 34.2. The van der Waals surface area contributed by atoms with Crippen LogP contribution in [0.15, 0.2) is 121 Å². The van der Waals surface area contributed by atoms with Crippen LogP contribution in [0.3, 0.4) is 0 Å². The van der Waals surface area contributed by atoms with Gasteiger partial charge in [-0.3, -0.25) is 0 Å². The number of aromatic nitrogens is 2. The summed E-state index contributed by atoms with van der Waals surface area (Å²) in [5.41, 5.74) is 5.72. The number of fused-ring (bicyclic) bond motifs is 1. The molecule has 6 aromatic rings. The van der Waals surface area contributed by atoms with Gasteiger partial charge in [-0.1, -0.05) is 89.9 Å². The normalized spacial score (nSPS) is 11.7. The molecule has 250 valence electrons. The number of halogens is 2. The molecule has 0 aliphatic rings. The number of aromatic carboxylic acids is 1. The summed E-state index contributed by atoms with van der Waals surface area (Å²) in [5, 5.41) is 11.1. The van der Waals surface area contributed by atoms with Gasteiger partial charge in [-0.2, -0.15) is 0 Å². The Labute approximate surface area is 295 Å². The van der Waals surface area contributed by atoms with E-state index in [-0.39, 0.29) is 23.9 Å². The summed E-state index contributed by atoms with van der Waals surface area (Å²) < 4.78 is 37.5. The van der Waals surface area contributed by atoms with E-state index in [1.54, 1.807) is 24.3 Å². The van der Waals surface area contributed by atoms with E-state index in [2.05, 4.69) is 38.5 Å². The number of nitrogens with zero attached hydrogens (tertiary/aromatic N) is 2. The quantitative estimate of drug-likeness (QED) is 0.111. The third-order valence-corrected chi connectivity index (χ3v) is 10.0. The third-order valence-electron chi connectivity index (χ3n) is 8.22. The first-order valence-electron chi connectivity index (χ1n) is 15.6. The Morgan fingerprint density at radius 1 is 0.857 bits per heavy atom. The maximum absolute atomic E-state index is 13.2. The lowest BCUT2D eigenvalue weighted by Gasteiger charge is -2.25. The van der Waals surface area contributed by atoms with Crippen molar-refractivity contribution in [1.29, 1.82) is 0 Å². The van der Waals surface area contributed by atoms with Crippen LogP contribution in [-0.4, -0.2) is 42.2 Å².